The van der Waals surface area contributed by atoms with Gasteiger partial charge in [0.15, 0.2) is 5.96 Å². The molecule has 138 valence electrons. The SMILES string of the molecule is CN=C(NCCc1nc(C(C)(C)C)cs1)NCc1ccccc1F.I. The average molecular weight is 476 g/mol. The standard InChI is InChI=1S/C18H25FN4S.HI/c1-18(2,3)15-12-24-16(23-15)9-10-21-17(20-4)22-11-13-7-5-6-8-14(13)19;/h5-8,12H,9-11H2,1-4H3,(H2,20,21,22);1H. The van der Waals surface area contributed by atoms with Gasteiger partial charge in [-0.1, -0.05) is 39.0 Å². The van der Waals surface area contributed by atoms with Crippen molar-refractivity contribution in [2.45, 2.75) is 39.2 Å². The Hall–Kier alpha value is -1.22. The Kier molecular flexibility index (Phi) is 8.78. The predicted molar refractivity (Wildman–Crippen MR) is 115 cm³/mol. The van der Waals surface area contributed by atoms with Crippen molar-refractivity contribution in [2.24, 2.45) is 4.99 Å². The summed E-state index contributed by atoms with van der Waals surface area (Å²) in [5.41, 5.74) is 1.83. The first-order valence-corrected chi connectivity index (χ1v) is 8.91. The molecule has 0 unspecified atom stereocenters. The molecule has 0 radical (unpaired) electrons. The second-order valence-electron chi connectivity index (χ2n) is 6.57. The maximum atomic E-state index is 13.6. The highest BCUT2D eigenvalue weighted by molar-refractivity contribution is 14.0. The van der Waals surface area contributed by atoms with E-state index in [-0.39, 0.29) is 35.2 Å². The summed E-state index contributed by atoms with van der Waals surface area (Å²) in [5.74, 6) is 0.448. The zero-order valence-corrected chi connectivity index (χ0v) is 18.2. The number of thiazole rings is 1. The Bertz CT molecular complexity index is 694. The molecule has 2 N–H and O–H groups in total. The molecule has 1 aromatic carbocycles. The summed E-state index contributed by atoms with van der Waals surface area (Å²) in [6, 6.07) is 6.74. The van der Waals surface area contributed by atoms with Crippen LogP contribution in [0.25, 0.3) is 0 Å². The van der Waals surface area contributed by atoms with Gasteiger partial charge in [0.1, 0.15) is 5.82 Å². The van der Waals surface area contributed by atoms with Crippen LogP contribution in [0.4, 0.5) is 4.39 Å². The van der Waals surface area contributed by atoms with Gasteiger partial charge in [-0.3, -0.25) is 4.99 Å². The number of rotatable bonds is 5. The van der Waals surface area contributed by atoms with E-state index in [1.54, 1.807) is 30.5 Å². The summed E-state index contributed by atoms with van der Waals surface area (Å²) in [7, 11) is 1.71. The normalized spacial score (nSPS) is 11.8. The quantitative estimate of drug-likeness (QED) is 0.388. The van der Waals surface area contributed by atoms with E-state index in [1.165, 1.54) is 6.07 Å². The van der Waals surface area contributed by atoms with Crippen molar-refractivity contribution < 1.29 is 4.39 Å². The zero-order chi connectivity index (χ0) is 17.6. The van der Waals surface area contributed by atoms with Gasteiger partial charge < -0.3 is 10.6 Å². The summed E-state index contributed by atoms with van der Waals surface area (Å²) in [4.78, 5) is 8.84. The Morgan fingerprint density at radius 1 is 1.24 bits per heavy atom. The first kappa shape index (κ1) is 21.8. The van der Waals surface area contributed by atoms with Crippen LogP contribution in [-0.4, -0.2) is 24.5 Å². The molecule has 0 aliphatic carbocycles. The first-order chi connectivity index (χ1) is 11.4. The number of nitrogens with one attached hydrogen (secondary N) is 2. The third-order valence-corrected chi connectivity index (χ3v) is 4.49. The molecule has 0 fully saturated rings. The fourth-order valence-electron chi connectivity index (χ4n) is 2.10. The third-order valence-electron chi connectivity index (χ3n) is 3.58. The number of nitrogens with zero attached hydrogens (tertiary/aromatic N) is 2. The van der Waals surface area contributed by atoms with Crippen LogP contribution in [0, 0.1) is 5.82 Å². The van der Waals surface area contributed by atoms with Crippen LogP contribution in [0.15, 0.2) is 34.6 Å². The van der Waals surface area contributed by atoms with E-state index in [0.717, 1.165) is 23.7 Å². The van der Waals surface area contributed by atoms with Gasteiger partial charge in [-0.25, -0.2) is 9.37 Å². The van der Waals surface area contributed by atoms with Crippen molar-refractivity contribution in [1.82, 2.24) is 15.6 Å². The number of halogens is 2. The molecule has 4 nitrogen and oxygen atoms in total. The molecule has 0 spiro atoms. The second-order valence-corrected chi connectivity index (χ2v) is 7.51. The van der Waals surface area contributed by atoms with Gasteiger partial charge in [0, 0.05) is 42.9 Å². The molecule has 1 heterocycles. The van der Waals surface area contributed by atoms with Crippen molar-refractivity contribution in [3.8, 4) is 0 Å². The van der Waals surface area contributed by atoms with E-state index >= 15 is 0 Å². The Morgan fingerprint density at radius 2 is 1.96 bits per heavy atom. The predicted octanol–water partition coefficient (Wildman–Crippen LogP) is 4.11. The summed E-state index contributed by atoms with van der Waals surface area (Å²) < 4.78 is 13.6. The van der Waals surface area contributed by atoms with Crippen LogP contribution in [-0.2, 0) is 18.4 Å². The lowest BCUT2D eigenvalue weighted by Gasteiger charge is -2.14. The van der Waals surface area contributed by atoms with Gasteiger partial charge in [0.2, 0.25) is 0 Å². The Morgan fingerprint density at radius 3 is 2.56 bits per heavy atom. The molecule has 2 rings (SSSR count). The molecule has 0 aliphatic heterocycles. The zero-order valence-electron chi connectivity index (χ0n) is 15.1. The highest BCUT2D eigenvalue weighted by Crippen LogP contribution is 2.23. The van der Waals surface area contributed by atoms with Crippen LogP contribution in [0.5, 0.6) is 0 Å². The molecular weight excluding hydrogens is 450 g/mol. The molecule has 7 heteroatoms. The van der Waals surface area contributed by atoms with Crippen molar-refractivity contribution in [1.29, 1.82) is 0 Å². The fraction of sp³-hybridized carbons (Fsp3) is 0.444. The molecule has 2 aromatic rings. The largest absolute Gasteiger partial charge is 0.356 e. The number of benzene rings is 1. The van der Waals surface area contributed by atoms with Gasteiger partial charge in [-0.2, -0.15) is 0 Å². The maximum Gasteiger partial charge on any atom is 0.191 e. The van der Waals surface area contributed by atoms with E-state index in [0.29, 0.717) is 18.1 Å². The Balaban J connectivity index is 0.00000312. The lowest BCUT2D eigenvalue weighted by atomic mass is 9.93. The highest BCUT2D eigenvalue weighted by atomic mass is 127. The summed E-state index contributed by atoms with van der Waals surface area (Å²) in [6.07, 6.45) is 0.834. The lowest BCUT2D eigenvalue weighted by molar-refractivity contribution is 0.570. The van der Waals surface area contributed by atoms with Crippen molar-refractivity contribution >= 4 is 41.3 Å². The molecule has 0 aliphatic rings. The van der Waals surface area contributed by atoms with Crippen LogP contribution in [0.2, 0.25) is 0 Å². The summed E-state index contributed by atoms with van der Waals surface area (Å²) in [5, 5.41) is 9.60. The van der Waals surface area contributed by atoms with Crippen molar-refractivity contribution in [3.05, 3.63) is 51.7 Å². The van der Waals surface area contributed by atoms with E-state index in [2.05, 4.69) is 46.8 Å². The highest BCUT2D eigenvalue weighted by Gasteiger charge is 2.17. The average Bonchev–Trinajstić information content (AvgIpc) is 3.01. The lowest BCUT2D eigenvalue weighted by Crippen LogP contribution is -2.38. The number of guanidine groups is 1. The minimum Gasteiger partial charge on any atom is -0.356 e. The molecule has 0 saturated heterocycles. The van der Waals surface area contributed by atoms with E-state index in [4.69, 9.17) is 0 Å². The fourth-order valence-corrected chi connectivity index (χ4v) is 3.12. The molecule has 25 heavy (non-hydrogen) atoms. The van der Waals surface area contributed by atoms with Crippen molar-refractivity contribution in [2.75, 3.05) is 13.6 Å². The van der Waals surface area contributed by atoms with Gasteiger partial charge >= 0.3 is 0 Å². The number of hydrogen-bond acceptors (Lipinski definition) is 3. The smallest absolute Gasteiger partial charge is 0.191 e. The van der Waals surface area contributed by atoms with Gasteiger partial charge in [0.05, 0.1) is 10.7 Å². The first-order valence-electron chi connectivity index (χ1n) is 8.03. The van der Waals surface area contributed by atoms with Crippen LogP contribution >= 0.6 is 35.3 Å². The van der Waals surface area contributed by atoms with Gasteiger partial charge in [-0.05, 0) is 6.07 Å². The van der Waals surface area contributed by atoms with E-state index in [9.17, 15) is 4.39 Å². The van der Waals surface area contributed by atoms with Crippen LogP contribution < -0.4 is 10.6 Å². The van der Waals surface area contributed by atoms with Crippen molar-refractivity contribution in [3.63, 3.8) is 0 Å². The molecular formula is C18H26FIN4S. The maximum absolute atomic E-state index is 13.6. The number of aromatic nitrogens is 1. The topological polar surface area (TPSA) is 49.3 Å². The summed E-state index contributed by atoms with van der Waals surface area (Å²) in [6.45, 7) is 7.63. The minimum absolute atomic E-state index is 0. The molecule has 0 bridgehead atoms. The third kappa shape index (κ3) is 6.89. The van der Waals surface area contributed by atoms with E-state index in [1.807, 2.05) is 6.07 Å². The summed E-state index contributed by atoms with van der Waals surface area (Å²) >= 11 is 1.69. The monoisotopic (exact) mass is 476 g/mol. The Labute approximate surface area is 170 Å². The number of aliphatic imine (C=N–C) groups is 1. The molecule has 1 aromatic heterocycles. The molecule has 0 amide bonds. The van der Waals surface area contributed by atoms with Gasteiger partial charge in [0.25, 0.3) is 0 Å². The van der Waals surface area contributed by atoms with Gasteiger partial charge in [-0.15, -0.1) is 35.3 Å². The minimum atomic E-state index is -0.210. The number of hydrogen-bond donors (Lipinski definition) is 2. The van der Waals surface area contributed by atoms with Crippen LogP contribution in [0.3, 0.4) is 0 Å². The molecule has 0 atom stereocenters. The second kappa shape index (κ2) is 10.1. The molecule has 0 saturated carbocycles. The van der Waals surface area contributed by atoms with E-state index < -0.39 is 0 Å². The van der Waals surface area contributed by atoms with Crippen LogP contribution in [0.1, 0.15) is 37.0 Å².